The third kappa shape index (κ3) is 5.87. The summed E-state index contributed by atoms with van der Waals surface area (Å²) < 4.78 is 39.1. The summed E-state index contributed by atoms with van der Waals surface area (Å²) in [7, 11) is 1.59. The van der Waals surface area contributed by atoms with E-state index >= 15 is 0 Å². The first kappa shape index (κ1) is 22.4. The number of aryl methyl sites for hydroxylation is 1. The summed E-state index contributed by atoms with van der Waals surface area (Å²) in [6.45, 7) is 2.10. The number of carbonyl (C=O) groups is 1. The number of benzene rings is 2. The molecule has 0 saturated heterocycles. The van der Waals surface area contributed by atoms with Crippen LogP contribution < -0.4 is 9.47 Å². The van der Waals surface area contributed by atoms with E-state index in [0.29, 0.717) is 17.7 Å². The van der Waals surface area contributed by atoms with E-state index in [2.05, 4.69) is 11.9 Å². The van der Waals surface area contributed by atoms with Crippen LogP contribution in [-0.4, -0.2) is 18.1 Å². The van der Waals surface area contributed by atoms with Crippen molar-refractivity contribution in [3.05, 3.63) is 77.5 Å². The van der Waals surface area contributed by atoms with Crippen molar-refractivity contribution < 1.29 is 23.0 Å². The van der Waals surface area contributed by atoms with Gasteiger partial charge >= 0.3 is 5.97 Å². The Balaban J connectivity index is 1.67. The van der Waals surface area contributed by atoms with E-state index in [1.807, 2.05) is 24.3 Å². The second kappa shape index (κ2) is 10.7. The van der Waals surface area contributed by atoms with E-state index in [0.717, 1.165) is 37.0 Å². The molecular formula is C25H25F2NO3. The lowest BCUT2D eigenvalue weighted by molar-refractivity contribution is 0.0724. The molecule has 0 bridgehead atoms. The highest BCUT2D eigenvalue weighted by Gasteiger charge is 2.21. The van der Waals surface area contributed by atoms with Gasteiger partial charge in [0.05, 0.1) is 19.0 Å². The van der Waals surface area contributed by atoms with Crippen molar-refractivity contribution in [3.63, 3.8) is 0 Å². The molecule has 0 spiro atoms. The first-order valence-corrected chi connectivity index (χ1v) is 10.3. The number of methoxy groups -OCH3 is 1. The highest BCUT2D eigenvalue weighted by Crippen LogP contribution is 2.24. The predicted octanol–water partition coefficient (Wildman–Crippen LogP) is 6.38. The molecule has 3 aromatic rings. The molecule has 0 fully saturated rings. The van der Waals surface area contributed by atoms with Gasteiger partial charge in [0, 0.05) is 5.56 Å². The van der Waals surface area contributed by atoms with Crippen molar-refractivity contribution >= 4 is 5.97 Å². The molecule has 0 radical (unpaired) electrons. The molecule has 1 aromatic heterocycles. The van der Waals surface area contributed by atoms with Gasteiger partial charge in [-0.3, -0.25) is 4.98 Å². The lowest BCUT2D eigenvalue weighted by Gasteiger charge is -2.09. The van der Waals surface area contributed by atoms with Gasteiger partial charge in [-0.05, 0) is 66.9 Å². The van der Waals surface area contributed by atoms with Crippen molar-refractivity contribution in [1.82, 2.24) is 4.98 Å². The molecule has 0 aliphatic carbocycles. The Bertz CT molecular complexity index is 995. The molecule has 31 heavy (non-hydrogen) atoms. The number of aromatic nitrogens is 1. The Hall–Kier alpha value is -3.28. The Morgan fingerprint density at radius 1 is 0.935 bits per heavy atom. The summed E-state index contributed by atoms with van der Waals surface area (Å²) >= 11 is 0. The van der Waals surface area contributed by atoms with Crippen LogP contribution in [0.2, 0.25) is 0 Å². The van der Waals surface area contributed by atoms with E-state index in [4.69, 9.17) is 9.47 Å². The van der Waals surface area contributed by atoms with Crippen molar-refractivity contribution in [2.24, 2.45) is 0 Å². The maximum atomic E-state index is 14.4. The van der Waals surface area contributed by atoms with E-state index in [-0.39, 0.29) is 5.75 Å². The molecule has 1 heterocycles. The average molecular weight is 425 g/mol. The Labute approximate surface area is 180 Å². The SMILES string of the molecule is CCCCCCc1cc(F)c(C(=O)Oc2ccc(-c3ccc(OC)cc3)nc2)c(F)c1. The molecule has 0 amide bonds. The highest BCUT2D eigenvalue weighted by molar-refractivity contribution is 5.91. The topological polar surface area (TPSA) is 48.4 Å². The largest absolute Gasteiger partial charge is 0.497 e. The second-order valence-corrected chi connectivity index (χ2v) is 7.24. The average Bonchev–Trinajstić information content (AvgIpc) is 2.77. The monoisotopic (exact) mass is 425 g/mol. The number of ether oxygens (including phenoxy) is 2. The van der Waals surface area contributed by atoms with Gasteiger partial charge in [-0.2, -0.15) is 0 Å². The van der Waals surface area contributed by atoms with Gasteiger partial charge in [0.25, 0.3) is 0 Å². The van der Waals surface area contributed by atoms with Crippen LogP contribution >= 0.6 is 0 Å². The fourth-order valence-corrected chi connectivity index (χ4v) is 3.25. The van der Waals surface area contributed by atoms with Crippen LogP contribution in [0.3, 0.4) is 0 Å². The molecule has 0 unspecified atom stereocenters. The zero-order chi connectivity index (χ0) is 22.2. The van der Waals surface area contributed by atoms with Crippen LogP contribution in [0.1, 0.15) is 48.5 Å². The number of unbranched alkanes of at least 4 members (excludes halogenated alkanes) is 3. The number of pyridine rings is 1. The summed E-state index contributed by atoms with van der Waals surface area (Å²) in [6, 6.07) is 12.9. The Kier molecular flexibility index (Phi) is 7.70. The minimum Gasteiger partial charge on any atom is -0.497 e. The molecule has 4 nitrogen and oxygen atoms in total. The van der Waals surface area contributed by atoms with Crippen LogP contribution in [0, 0.1) is 11.6 Å². The minimum atomic E-state index is -1.09. The quantitative estimate of drug-likeness (QED) is 0.295. The molecule has 2 aromatic carbocycles. The third-order valence-electron chi connectivity index (χ3n) is 4.96. The Morgan fingerprint density at radius 3 is 2.19 bits per heavy atom. The third-order valence-corrected chi connectivity index (χ3v) is 4.96. The number of carbonyl (C=O) groups excluding carboxylic acids is 1. The number of nitrogens with zero attached hydrogens (tertiary/aromatic N) is 1. The van der Waals surface area contributed by atoms with Crippen molar-refractivity contribution in [1.29, 1.82) is 0 Å². The molecule has 162 valence electrons. The lowest BCUT2D eigenvalue weighted by Crippen LogP contribution is -2.14. The first-order chi connectivity index (χ1) is 15.0. The number of rotatable bonds is 9. The van der Waals surface area contributed by atoms with E-state index in [1.54, 1.807) is 13.2 Å². The number of esters is 1. The number of hydrogen-bond acceptors (Lipinski definition) is 4. The van der Waals surface area contributed by atoms with Gasteiger partial charge in [-0.15, -0.1) is 0 Å². The second-order valence-electron chi connectivity index (χ2n) is 7.24. The summed E-state index contributed by atoms with van der Waals surface area (Å²) in [5.41, 5.74) is 1.35. The van der Waals surface area contributed by atoms with Crippen molar-refractivity contribution in [2.45, 2.75) is 39.0 Å². The van der Waals surface area contributed by atoms with Crippen LogP contribution in [0.15, 0.2) is 54.7 Å². The van der Waals surface area contributed by atoms with Gasteiger partial charge in [0.2, 0.25) is 0 Å². The van der Waals surface area contributed by atoms with Crippen LogP contribution in [-0.2, 0) is 6.42 Å². The summed E-state index contributed by atoms with van der Waals surface area (Å²) in [6.07, 6.45) is 5.94. The van der Waals surface area contributed by atoms with Gasteiger partial charge in [-0.25, -0.2) is 13.6 Å². The first-order valence-electron chi connectivity index (χ1n) is 10.3. The fourth-order valence-electron chi connectivity index (χ4n) is 3.25. The van der Waals surface area contributed by atoms with Crippen LogP contribution in [0.25, 0.3) is 11.3 Å². The molecule has 0 aliphatic rings. The van der Waals surface area contributed by atoms with Gasteiger partial charge in [0.15, 0.2) is 0 Å². The molecule has 0 atom stereocenters. The van der Waals surface area contributed by atoms with Crippen molar-refractivity contribution in [2.75, 3.05) is 7.11 Å². The highest BCUT2D eigenvalue weighted by atomic mass is 19.1. The predicted molar refractivity (Wildman–Crippen MR) is 115 cm³/mol. The minimum absolute atomic E-state index is 0.102. The summed E-state index contributed by atoms with van der Waals surface area (Å²) in [5, 5.41) is 0. The smallest absolute Gasteiger partial charge is 0.349 e. The zero-order valence-electron chi connectivity index (χ0n) is 17.7. The molecule has 0 aliphatic heterocycles. The van der Waals surface area contributed by atoms with Crippen LogP contribution in [0.5, 0.6) is 11.5 Å². The molecule has 6 heteroatoms. The van der Waals surface area contributed by atoms with E-state index in [1.165, 1.54) is 24.4 Å². The van der Waals surface area contributed by atoms with Gasteiger partial charge < -0.3 is 9.47 Å². The Morgan fingerprint density at radius 2 is 1.61 bits per heavy atom. The molecule has 0 saturated carbocycles. The van der Waals surface area contributed by atoms with Gasteiger partial charge in [0.1, 0.15) is 28.7 Å². The van der Waals surface area contributed by atoms with Crippen molar-refractivity contribution in [3.8, 4) is 22.8 Å². The van der Waals surface area contributed by atoms with E-state index in [9.17, 15) is 13.6 Å². The maximum absolute atomic E-state index is 14.4. The summed E-state index contributed by atoms with van der Waals surface area (Å²) in [5.74, 6) is -2.10. The molecule has 0 N–H and O–H groups in total. The number of halogens is 2. The molecule has 3 rings (SSSR count). The van der Waals surface area contributed by atoms with E-state index < -0.39 is 23.2 Å². The standard InChI is InChI=1S/C25H25F2NO3/c1-3-4-5-6-7-17-14-21(26)24(22(27)15-17)25(29)31-20-12-13-23(28-16-20)18-8-10-19(30-2)11-9-18/h8-16H,3-7H2,1-2H3. The molecular weight excluding hydrogens is 400 g/mol. The lowest BCUT2D eigenvalue weighted by atomic mass is 10.0. The maximum Gasteiger partial charge on any atom is 0.349 e. The van der Waals surface area contributed by atoms with Crippen LogP contribution in [0.4, 0.5) is 8.78 Å². The normalized spacial score (nSPS) is 10.7. The number of hydrogen-bond donors (Lipinski definition) is 0. The van der Waals surface area contributed by atoms with Gasteiger partial charge in [-0.1, -0.05) is 26.2 Å². The zero-order valence-corrected chi connectivity index (χ0v) is 17.7. The summed E-state index contributed by atoms with van der Waals surface area (Å²) in [4.78, 5) is 16.6. The fraction of sp³-hybridized carbons (Fsp3) is 0.280.